The monoisotopic (exact) mass is 349 g/mol. The molecule has 2 rings (SSSR count). The van der Waals surface area contributed by atoms with Crippen molar-refractivity contribution in [2.24, 2.45) is 0 Å². The lowest BCUT2D eigenvalue weighted by atomic mass is 10.2. The van der Waals surface area contributed by atoms with E-state index in [1.54, 1.807) is 12.1 Å². The molecule has 102 valence electrons. The zero-order valence-corrected chi connectivity index (χ0v) is 13.0. The Balaban J connectivity index is 1.82. The molecule has 0 saturated carbocycles. The quantitative estimate of drug-likeness (QED) is 0.572. The summed E-state index contributed by atoms with van der Waals surface area (Å²) in [6.45, 7) is 0.424. The van der Waals surface area contributed by atoms with Gasteiger partial charge in [-0.15, -0.1) is 11.3 Å². The molecule has 0 amide bonds. The third kappa shape index (κ3) is 3.92. The first-order chi connectivity index (χ1) is 9.70. The summed E-state index contributed by atoms with van der Waals surface area (Å²) in [6, 6.07) is 11.1. The Morgan fingerprint density at radius 3 is 2.95 bits per heavy atom. The second kappa shape index (κ2) is 7.22. The highest BCUT2D eigenvalue weighted by Gasteiger charge is 2.07. The molecule has 0 aliphatic carbocycles. The van der Waals surface area contributed by atoms with E-state index < -0.39 is 0 Å². The van der Waals surface area contributed by atoms with Gasteiger partial charge in [0, 0.05) is 10.9 Å². The molecule has 5 heteroatoms. The van der Waals surface area contributed by atoms with E-state index in [1.807, 2.05) is 23.6 Å². The zero-order valence-electron chi connectivity index (χ0n) is 10.6. The lowest BCUT2D eigenvalue weighted by molar-refractivity contribution is 0.0977. The van der Waals surface area contributed by atoms with Crippen LogP contribution >= 0.6 is 27.3 Å². The fraction of sp³-hybridized carbons (Fsp3) is 0.200. The van der Waals surface area contributed by atoms with Crippen LogP contribution in [-0.4, -0.2) is 12.4 Å². The first kappa shape index (κ1) is 14.8. The third-order valence-corrected chi connectivity index (χ3v) is 4.07. The molecule has 20 heavy (non-hydrogen) atoms. The molecule has 1 heterocycles. The van der Waals surface area contributed by atoms with Crippen LogP contribution in [0.4, 0.5) is 0 Å². The maximum atomic E-state index is 11.8. The number of hydrogen-bond donors (Lipinski definition) is 0. The Labute approximate surface area is 129 Å². The molecular formula is C15H12BrNO2S. The first-order valence-corrected chi connectivity index (χ1v) is 7.77. The molecule has 0 saturated heterocycles. The molecule has 0 radical (unpaired) electrons. The molecule has 1 aromatic heterocycles. The van der Waals surface area contributed by atoms with Crippen LogP contribution < -0.4 is 4.74 Å². The Hall–Kier alpha value is -1.64. The predicted molar refractivity (Wildman–Crippen MR) is 82.2 cm³/mol. The highest BCUT2D eigenvalue weighted by Crippen LogP contribution is 2.22. The second-order valence-corrected chi connectivity index (χ2v) is 5.97. The van der Waals surface area contributed by atoms with E-state index in [-0.39, 0.29) is 5.78 Å². The van der Waals surface area contributed by atoms with Crippen LogP contribution in [-0.2, 0) is 0 Å². The number of ketones is 1. The van der Waals surface area contributed by atoms with Crippen LogP contribution in [0.5, 0.6) is 5.75 Å². The van der Waals surface area contributed by atoms with Crippen molar-refractivity contribution in [3.8, 4) is 11.8 Å². The molecule has 0 aliphatic heterocycles. The Morgan fingerprint density at radius 1 is 1.40 bits per heavy atom. The van der Waals surface area contributed by atoms with Crippen molar-refractivity contribution >= 4 is 33.0 Å². The fourth-order valence-corrected chi connectivity index (χ4v) is 2.75. The van der Waals surface area contributed by atoms with E-state index in [0.717, 1.165) is 9.35 Å². The topological polar surface area (TPSA) is 50.1 Å². The molecule has 0 spiro atoms. The lowest BCUT2D eigenvalue weighted by Gasteiger charge is -2.07. The first-order valence-electron chi connectivity index (χ1n) is 6.10. The molecule has 3 nitrogen and oxygen atoms in total. The Bertz CT molecular complexity index is 632. The minimum absolute atomic E-state index is 0.139. The van der Waals surface area contributed by atoms with Gasteiger partial charge in [-0.2, -0.15) is 5.26 Å². The van der Waals surface area contributed by atoms with Gasteiger partial charge in [0.1, 0.15) is 11.8 Å². The zero-order chi connectivity index (χ0) is 14.4. The smallest absolute Gasteiger partial charge is 0.172 e. The van der Waals surface area contributed by atoms with Crippen molar-refractivity contribution in [1.82, 2.24) is 0 Å². The minimum atomic E-state index is 0.139. The summed E-state index contributed by atoms with van der Waals surface area (Å²) in [5.41, 5.74) is 0.490. The van der Waals surface area contributed by atoms with Crippen molar-refractivity contribution in [1.29, 1.82) is 5.26 Å². The predicted octanol–water partition coefficient (Wildman–Crippen LogP) is 4.42. The molecule has 0 bridgehead atoms. The van der Waals surface area contributed by atoms with Gasteiger partial charge in [-0.1, -0.05) is 22.0 Å². The van der Waals surface area contributed by atoms with Gasteiger partial charge in [-0.05, 0) is 36.1 Å². The molecule has 0 fully saturated rings. The van der Waals surface area contributed by atoms with E-state index in [9.17, 15) is 4.79 Å². The number of nitriles is 1. The Morgan fingerprint density at radius 2 is 2.25 bits per heavy atom. The minimum Gasteiger partial charge on any atom is -0.492 e. The number of ether oxygens (including phenoxy) is 1. The molecule has 2 aromatic rings. The van der Waals surface area contributed by atoms with Crippen LogP contribution in [0.25, 0.3) is 0 Å². The van der Waals surface area contributed by atoms with Gasteiger partial charge >= 0.3 is 0 Å². The largest absolute Gasteiger partial charge is 0.492 e. The van der Waals surface area contributed by atoms with E-state index >= 15 is 0 Å². The van der Waals surface area contributed by atoms with E-state index in [2.05, 4.69) is 22.0 Å². The molecule has 0 aliphatic rings. The standard InChI is InChI=1S/C15H12BrNO2S/c16-12-5-6-14(11(9-12)10-17)19-7-1-3-13(18)15-4-2-8-20-15/h2,4-6,8-9H,1,3,7H2. The maximum Gasteiger partial charge on any atom is 0.172 e. The van der Waals surface area contributed by atoms with Crippen LogP contribution in [0.15, 0.2) is 40.2 Å². The number of thiophene rings is 1. The van der Waals surface area contributed by atoms with Gasteiger partial charge in [0.2, 0.25) is 0 Å². The molecule has 0 N–H and O–H groups in total. The average Bonchev–Trinajstić information content (AvgIpc) is 2.98. The SMILES string of the molecule is N#Cc1cc(Br)ccc1OCCCC(=O)c1cccs1. The number of hydrogen-bond acceptors (Lipinski definition) is 4. The van der Waals surface area contributed by atoms with Gasteiger partial charge < -0.3 is 4.74 Å². The number of rotatable bonds is 6. The van der Waals surface area contributed by atoms with Crippen LogP contribution in [0.3, 0.4) is 0 Å². The third-order valence-electron chi connectivity index (χ3n) is 2.66. The number of Topliss-reactive ketones (excluding diaryl/α,β-unsaturated/α-hetero) is 1. The highest BCUT2D eigenvalue weighted by molar-refractivity contribution is 9.10. The summed E-state index contributed by atoms with van der Waals surface area (Å²) >= 11 is 4.76. The maximum absolute atomic E-state index is 11.8. The Kier molecular flexibility index (Phi) is 5.33. The number of halogens is 1. The van der Waals surface area contributed by atoms with Gasteiger partial charge in [-0.3, -0.25) is 4.79 Å². The van der Waals surface area contributed by atoms with Crippen molar-refractivity contribution in [2.75, 3.05) is 6.61 Å². The summed E-state index contributed by atoms with van der Waals surface area (Å²) in [6.07, 6.45) is 1.09. The summed E-state index contributed by atoms with van der Waals surface area (Å²) in [5.74, 6) is 0.694. The fourth-order valence-electron chi connectivity index (χ4n) is 1.69. The summed E-state index contributed by atoms with van der Waals surface area (Å²) < 4.78 is 6.40. The molecule has 0 unspecified atom stereocenters. The van der Waals surface area contributed by atoms with Gasteiger partial charge in [0.25, 0.3) is 0 Å². The van der Waals surface area contributed by atoms with Crippen LogP contribution in [0.1, 0.15) is 28.1 Å². The van der Waals surface area contributed by atoms with Crippen LogP contribution in [0.2, 0.25) is 0 Å². The highest BCUT2D eigenvalue weighted by atomic mass is 79.9. The van der Waals surface area contributed by atoms with Crippen molar-refractivity contribution in [3.05, 3.63) is 50.6 Å². The van der Waals surface area contributed by atoms with Gasteiger partial charge in [0.05, 0.1) is 17.0 Å². The summed E-state index contributed by atoms with van der Waals surface area (Å²) in [4.78, 5) is 12.6. The van der Waals surface area contributed by atoms with E-state index in [1.165, 1.54) is 11.3 Å². The number of carbonyl (C=O) groups excluding carboxylic acids is 1. The lowest BCUT2D eigenvalue weighted by Crippen LogP contribution is -2.03. The van der Waals surface area contributed by atoms with Crippen LogP contribution in [0, 0.1) is 11.3 Å². The van der Waals surface area contributed by atoms with E-state index in [0.29, 0.717) is 30.8 Å². The number of carbonyl (C=O) groups is 1. The van der Waals surface area contributed by atoms with Gasteiger partial charge in [-0.25, -0.2) is 0 Å². The van der Waals surface area contributed by atoms with Crippen molar-refractivity contribution in [2.45, 2.75) is 12.8 Å². The normalized spacial score (nSPS) is 10.0. The second-order valence-electron chi connectivity index (χ2n) is 4.10. The molecular weight excluding hydrogens is 338 g/mol. The van der Waals surface area contributed by atoms with Crippen molar-refractivity contribution in [3.63, 3.8) is 0 Å². The van der Waals surface area contributed by atoms with Crippen molar-refractivity contribution < 1.29 is 9.53 Å². The number of nitrogens with zero attached hydrogens (tertiary/aromatic N) is 1. The summed E-state index contributed by atoms with van der Waals surface area (Å²) in [5, 5.41) is 10.9. The number of benzene rings is 1. The molecule has 1 aromatic carbocycles. The van der Waals surface area contributed by atoms with E-state index in [4.69, 9.17) is 10.00 Å². The molecule has 0 atom stereocenters. The average molecular weight is 350 g/mol. The van der Waals surface area contributed by atoms with Gasteiger partial charge in [0.15, 0.2) is 5.78 Å². The summed E-state index contributed by atoms with van der Waals surface area (Å²) in [7, 11) is 0.